The van der Waals surface area contributed by atoms with Gasteiger partial charge in [-0.25, -0.2) is 0 Å². The Hall–Kier alpha value is -0.410. The standard InChI is InChI=1S/C7H7ClN2S/c8-4-2-1-3-5-6(4)10-7(9)11-5/h1-4,6H,(H2,9,10). The van der Waals surface area contributed by atoms with Gasteiger partial charge in [0.25, 0.3) is 0 Å². The van der Waals surface area contributed by atoms with Gasteiger partial charge in [0, 0.05) is 4.91 Å². The molecule has 0 aromatic rings. The minimum Gasteiger partial charge on any atom is -0.378 e. The molecule has 2 atom stereocenters. The molecule has 2 aliphatic rings. The summed E-state index contributed by atoms with van der Waals surface area (Å²) in [6, 6.07) is 0.0756. The number of rotatable bonds is 0. The minimum absolute atomic E-state index is 0.0245. The zero-order chi connectivity index (χ0) is 7.84. The summed E-state index contributed by atoms with van der Waals surface area (Å²) in [6.45, 7) is 0. The summed E-state index contributed by atoms with van der Waals surface area (Å²) in [7, 11) is 0. The van der Waals surface area contributed by atoms with E-state index >= 15 is 0 Å². The molecule has 0 aromatic heterocycles. The molecule has 1 aliphatic carbocycles. The monoisotopic (exact) mass is 186 g/mol. The second-order valence-electron chi connectivity index (χ2n) is 2.41. The number of fused-ring (bicyclic) bond motifs is 1. The van der Waals surface area contributed by atoms with Gasteiger partial charge in [-0.2, -0.15) is 0 Å². The van der Waals surface area contributed by atoms with Gasteiger partial charge >= 0.3 is 0 Å². The van der Waals surface area contributed by atoms with Gasteiger partial charge in [0.05, 0.1) is 5.38 Å². The highest BCUT2D eigenvalue weighted by molar-refractivity contribution is 8.17. The fourth-order valence-corrected chi connectivity index (χ4v) is 2.36. The minimum atomic E-state index is -0.0245. The zero-order valence-electron chi connectivity index (χ0n) is 5.70. The number of nitrogens with two attached hydrogens (primary N) is 1. The van der Waals surface area contributed by atoms with E-state index in [1.54, 1.807) is 0 Å². The molecule has 0 spiro atoms. The molecule has 1 heterocycles. The van der Waals surface area contributed by atoms with Gasteiger partial charge in [-0.15, -0.1) is 11.6 Å². The molecule has 2 N–H and O–H groups in total. The maximum absolute atomic E-state index is 5.98. The quantitative estimate of drug-likeness (QED) is 0.582. The Morgan fingerprint density at radius 3 is 3.18 bits per heavy atom. The van der Waals surface area contributed by atoms with Crippen LogP contribution < -0.4 is 5.73 Å². The van der Waals surface area contributed by atoms with Gasteiger partial charge in [0.2, 0.25) is 0 Å². The Balaban J connectivity index is 2.31. The average Bonchev–Trinajstić information content (AvgIpc) is 2.31. The number of nitrogens with zero attached hydrogens (tertiary/aromatic N) is 1. The van der Waals surface area contributed by atoms with Gasteiger partial charge in [-0.3, -0.25) is 4.99 Å². The highest BCUT2D eigenvalue weighted by Gasteiger charge is 2.29. The smallest absolute Gasteiger partial charge is 0.159 e. The first-order valence-electron chi connectivity index (χ1n) is 3.31. The molecule has 2 nitrogen and oxygen atoms in total. The molecule has 4 heteroatoms. The number of amidine groups is 1. The van der Waals surface area contributed by atoms with Crippen LogP contribution in [0.25, 0.3) is 0 Å². The van der Waals surface area contributed by atoms with Gasteiger partial charge in [0.1, 0.15) is 6.04 Å². The predicted molar refractivity (Wildman–Crippen MR) is 49.9 cm³/mol. The summed E-state index contributed by atoms with van der Waals surface area (Å²) in [6.07, 6.45) is 5.89. The van der Waals surface area contributed by atoms with Crippen LogP contribution in [0.1, 0.15) is 0 Å². The maximum Gasteiger partial charge on any atom is 0.159 e. The Labute approximate surface area is 74.2 Å². The van der Waals surface area contributed by atoms with E-state index in [0.29, 0.717) is 5.17 Å². The summed E-state index contributed by atoms with van der Waals surface area (Å²) in [4.78, 5) is 5.35. The van der Waals surface area contributed by atoms with Crippen LogP contribution >= 0.6 is 23.4 Å². The van der Waals surface area contributed by atoms with Crippen molar-refractivity contribution in [1.82, 2.24) is 0 Å². The topological polar surface area (TPSA) is 38.4 Å². The lowest BCUT2D eigenvalue weighted by molar-refractivity contribution is 0.832. The summed E-state index contributed by atoms with van der Waals surface area (Å²) < 4.78 is 0. The molecule has 11 heavy (non-hydrogen) atoms. The number of allylic oxidation sites excluding steroid dienone is 2. The van der Waals surface area contributed by atoms with Crippen molar-refractivity contribution in [3.63, 3.8) is 0 Å². The van der Waals surface area contributed by atoms with E-state index in [1.165, 1.54) is 11.8 Å². The van der Waals surface area contributed by atoms with Crippen LogP contribution in [0.3, 0.4) is 0 Å². The van der Waals surface area contributed by atoms with Crippen LogP contribution in [0.2, 0.25) is 0 Å². The van der Waals surface area contributed by atoms with Crippen molar-refractivity contribution >= 4 is 28.5 Å². The molecule has 1 aliphatic heterocycles. The van der Waals surface area contributed by atoms with E-state index < -0.39 is 0 Å². The highest BCUT2D eigenvalue weighted by Crippen LogP contribution is 2.35. The molecule has 2 rings (SSSR count). The molecule has 0 fully saturated rings. The van der Waals surface area contributed by atoms with Crippen molar-refractivity contribution in [2.24, 2.45) is 10.7 Å². The first kappa shape index (κ1) is 7.25. The predicted octanol–water partition coefficient (Wildman–Crippen LogP) is 1.48. The summed E-state index contributed by atoms with van der Waals surface area (Å²) >= 11 is 7.49. The molecular weight excluding hydrogens is 180 g/mol. The fourth-order valence-electron chi connectivity index (χ4n) is 1.13. The van der Waals surface area contributed by atoms with Gasteiger partial charge in [-0.05, 0) is 0 Å². The van der Waals surface area contributed by atoms with Crippen molar-refractivity contribution < 1.29 is 0 Å². The summed E-state index contributed by atoms with van der Waals surface area (Å²) in [5.74, 6) is 0. The number of halogens is 1. The second-order valence-corrected chi connectivity index (χ2v) is 4.01. The number of thioether (sulfide) groups is 1. The summed E-state index contributed by atoms with van der Waals surface area (Å²) in [5, 5.41) is 0.596. The maximum atomic E-state index is 5.98. The molecule has 0 aromatic carbocycles. The number of hydrogen-bond acceptors (Lipinski definition) is 3. The summed E-state index contributed by atoms with van der Waals surface area (Å²) in [5.41, 5.74) is 5.54. The zero-order valence-corrected chi connectivity index (χ0v) is 7.27. The molecule has 0 radical (unpaired) electrons. The molecule has 0 bridgehead atoms. The van der Waals surface area contributed by atoms with Crippen LogP contribution in [0.4, 0.5) is 0 Å². The number of hydrogen-bond donors (Lipinski definition) is 1. The SMILES string of the molecule is NC1=NC2C(=CC=CC2Cl)S1. The Kier molecular flexibility index (Phi) is 1.69. The van der Waals surface area contributed by atoms with Gasteiger partial charge in [-0.1, -0.05) is 30.0 Å². The first-order chi connectivity index (χ1) is 5.27. The highest BCUT2D eigenvalue weighted by atomic mass is 35.5. The number of alkyl halides is 1. The normalized spacial score (nSPS) is 34.6. The van der Waals surface area contributed by atoms with Crippen molar-refractivity contribution in [2.45, 2.75) is 11.4 Å². The molecule has 2 unspecified atom stereocenters. The lowest BCUT2D eigenvalue weighted by Crippen LogP contribution is -2.17. The van der Waals surface area contributed by atoms with Crippen LogP contribution in [0, 0.1) is 0 Å². The van der Waals surface area contributed by atoms with E-state index in [-0.39, 0.29) is 11.4 Å². The molecule has 58 valence electrons. The Bertz CT molecular complexity index is 270. The average molecular weight is 187 g/mol. The third-order valence-electron chi connectivity index (χ3n) is 1.64. The van der Waals surface area contributed by atoms with E-state index in [0.717, 1.165) is 4.91 Å². The van der Waals surface area contributed by atoms with E-state index in [9.17, 15) is 0 Å². The fraction of sp³-hybridized carbons (Fsp3) is 0.286. The third kappa shape index (κ3) is 1.19. The van der Waals surface area contributed by atoms with E-state index in [1.807, 2.05) is 18.2 Å². The second kappa shape index (κ2) is 2.57. The Morgan fingerprint density at radius 1 is 1.64 bits per heavy atom. The molecular formula is C7H7ClN2S. The van der Waals surface area contributed by atoms with Crippen LogP contribution in [0.15, 0.2) is 28.1 Å². The van der Waals surface area contributed by atoms with E-state index in [2.05, 4.69) is 4.99 Å². The van der Waals surface area contributed by atoms with Crippen LogP contribution in [-0.4, -0.2) is 16.6 Å². The Morgan fingerprint density at radius 2 is 2.45 bits per heavy atom. The van der Waals surface area contributed by atoms with Crippen molar-refractivity contribution in [3.8, 4) is 0 Å². The molecule has 0 amide bonds. The van der Waals surface area contributed by atoms with E-state index in [4.69, 9.17) is 17.3 Å². The van der Waals surface area contributed by atoms with Crippen molar-refractivity contribution in [3.05, 3.63) is 23.1 Å². The van der Waals surface area contributed by atoms with Crippen molar-refractivity contribution in [2.75, 3.05) is 0 Å². The third-order valence-corrected chi connectivity index (χ3v) is 2.95. The van der Waals surface area contributed by atoms with Crippen molar-refractivity contribution in [1.29, 1.82) is 0 Å². The lowest BCUT2D eigenvalue weighted by atomic mass is 10.1. The lowest BCUT2D eigenvalue weighted by Gasteiger charge is -2.14. The van der Waals surface area contributed by atoms with Gasteiger partial charge < -0.3 is 5.73 Å². The first-order valence-corrected chi connectivity index (χ1v) is 4.56. The van der Waals surface area contributed by atoms with Gasteiger partial charge in [0.15, 0.2) is 5.17 Å². The van der Waals surface area contributed by atoms with Crippen LogP contribution in [0.5, 0.6) is 0 Å². The number of aliphatic imine (C=N–C) groups is 1. The van der Waals surface area contributed by atoms with Crippen LogP contribution in [-0.2, 0) is 0 Å². The largest absolute Gasteiger partial charge is 0.378 e. The molecule has 0 saturated carbocycles. The molecule has 0 saturated heterocycles.